The molecule has 0 bridgehead atoms. The van der Waals surface area contributed by atoms with Crippen molar-refractivity contribution in [3.05, 3.63) is 41.5 Å². The number of hydrogen-bond acceptors (Lipinski definition) is 2. The van der Waals surface area contributed by atoms with Gasteiger partial charge in [-0.2, -0.15) is 0 Å². The maximum Gasteiger partial charge on any atom is 0.407 e. The molecule has 1 unspecified atom stereocenters. The predicted molar refractivity (Wildman–Crippen MR) is 69.7 cm³/mol. The summed E-state index contributed by atoms with van der Waals surface area (Å²) in [6.07, 6.45) is -0.405. The van der Waals surface area contributed by atoms with Crippen LogP contribution in [0.25, 0.3) is 5.57 Å². The van der Waals surface area contributed by atoms with Gasteiger partial charge in [-0.05, 0) is 37.5 Å². The van der Waals surface area contributed by atoms with Crippen LogP contribution in [0, 0.1) is 0 Å². The first-order chi connectivity index (χ1) is 8.06. The third-order valence-electron chi connectivity index (χ3n) is 2.97. The number of alkyl carbamates (subject to hydrolysis) is 1. The first kappa shape index (κ1) is 13.3. The number of amides is 1. The summed E-state index contributed by atoms with van der Waals surface area (Å²) >= 11 is 0. The SMILES string of the molecule is COC(=O)NC(C)/C(C)=C(\C)c1ccccc1. The van der Waals surface area contributed by atoms with E-state index in [-0.39, 0.29) is 6.04 Å². The Balaban J connectivity index is 2.86. The Morgan fingerprint density at radius 2 is 1.82 bits per heavy atom. The van der Waals surface area contributed by atoms with Crippen molar-refractivity contribution in [2.75, 3.05) is 7.11 Å². The smallest absolute Gasteiger partial charge is 0.407 e. The maximum absolute atomic E-state index is 11.1. The Labute approximate surface area is 102 Å². The van der Waals surface area contributed by atoms with E-state index in [1.807, 2.05) is 32.0 Å². The van der Waals surface area contributed by atoms with Gasteiger partial charge in [-0.25, -0.2) is 4.79 Å². The number of hydrogen-bond donors (Lipinski definition) is 1. The average Bonchev–Trinajstić information content (AvgIpc) is 2.37. The molecule has 1 aromatic rings. The summed E-state index contributed by atoms with van der Waals surface area (Å²) in [7, 11) is 1.37. The molecule has 1 amide bonds. The number of nitrogens with one attached hydrogen (secondary N) is 1. The zero-order valence-electron chi connectivity index (χ0n) is 10.8. The van der Waals surface area contributed by atoms with Crippen LogP contribution < -0.4 is 5.32 Å². The minimum atomic E-state index is -0.405. The Bertz CT molecular complexity index is 409. The van der Waals surface area contributed by atoms with Gasteiger partial charge in [0, 0.05) is 0 Å². The van der Waals surface area contributed by atoms with Crippen molar-refractivity contribution in [2.24, 2.45) is 0 Å². The van der Waals surface area contributed by atoms with E-state index in [0.29, 0.717) is 0 Å². The molecule has 0 radical (unpaired) electrons. The van der Waals surface area contributed by atoms with Crippen molar-refractivity contribution >= 4 is 11.7 Å². The number of allylic oxidation sites excluding steroid dienone is 1. The molecule has 17 heavy (non-hydrogen) atoms. The summed E-state index contributed by atoms with van der Waals surface area (Å²) in [5.74, 6) is 0. The van der Waals surface area contributed by atoms with Crippen LogP contribution in [0.4, 0.5) is 4.79 Å². The lowest BCUT2D eigenvalue weighted by Crippen LogP contribution is -2.33. The molecule has 0 aliphatic carbocycles. The summed E-state index contributed by atoms with van der Waals surface area (Å²) in [6, 6.07) is 10.1. The van der Waals surface area contributed by atoms with Gasteiger partial charge in [-0.3, -0.25) is 0 Å². The van der Waals surface area contributed by atoms with Crippen LogP contribution in [0.3, 0.4) is 0 Å². The molecule has 3 nitrogen and oxygen atoms in total. The topological polar surface area (TPSA) is 38.3 Å². The van der Waals surface area contributed by atoms with E-state index in [4.69, 9.17) is 0 Å². The summed E-state index contributed by atoms with van der Waals surface area (Å²) in [5.41, 5.74) is 3.47. The lowest BCUT2D eigenvalue weighted by atomic mass is 9.98. The quantitative estimate of drug-likeness (QED) is 0.870. The van der Waals surface area contributed by atoms with Crippen molar-refractivity contribution in [2.45, 2.75) is 26.8 Å². The minimum Gasteiger partial charge on any atom is -0.453 e. The maximum atomic E-state index is 11.1. The van der Waals surface area contributed by atoms with Crippen molar-refractivity contribution in [1.29, 1.82) is 0 Å². The lowest BCUT2D eigenvalue weighted by molar-refractivity contribution is 0.169. The van der Waals surface area contributed by atoms with Crippen molar-refractivity contribution in [3.8, 4) is 0 Å². The highest BCUT2D eigenvalue weighted by Crippen LogP contribution is 2.19. The van der Waals surface area contributed by atoms with Crippen molar-refractivity contribution in [1.82, 2.24) is 5.32 Å². The second kappa shape index (κ2) is 6.09. The molecule has 1 rings (SSSR count). The third kappa shape index (κ3) is 3.63. The second-order valence-corrected chi connectivity index (χ2v) is 4.03. The molecule has 0 saturated carbocycles. The Kier molecular flexibility index (Phi) is 4.76. The van der Waals surface area contributed by atoms with Gasteiger partial charge >= 0.3 is 6.09 Å². The number of benzene rings is 1. The molecule has 0 fully saturated rings. The van der Waals surface area contributed by atoms with E-state index >= 15 is 0 Å². The average molecular weight is 233 g/mol. The highest BCUT2D eigenvalue weighted by molar-refractivity contribution is 5.71. The van der Waals surface area contributed by atoms with Crippen molar-refractivity contribution < 1.29 is 9.53 Å². The fourth-order valence-electron chi connectivity index (χ4n) is 1.58. The molecular formula is C14H19NO2. The molecule has 3 heteroatoms. The molecule has 1 atom stereocenters. The first-order valence-corrected chi connectivity index (χ1v) is 5.63. The lowest BCUT2D eigenvalue weighted by Gasteiger charge is -2.17. The van der Waals surface area contributed by atoms with Crippen molar-refractivity contribution in [3.63, 3.8) is 0 Å². The fraction of sp³-hybridized carbons (Fsp3) is 0.357. The molecule has 1 aromatic carbocycles. The number of carbonyl (C=O) groups excluding carboxylic acids is 1. The standard InChI is InChI=1S/C14H19NO2/c1-10(12(3)15-14(16)17-4)11(2)13-8-6-5-7-9-13/h5-9,12H,1-4H3,(H,15,16)/b11-10+. The van der Waals surface area contributed by atoms with Gasteiger partial charge in [-0.15, -0.1) is 0 Å². The van der Waals surface area contributed by atoms with E-state index in [1.54, 1.807) is 0 Å². The van der Waals surface area contributed by atoms with E-state index in [2.05, 4.69) is 29.1 Å². The molecular weight excluding hydrogens is 214 g/mol. The van der Waals surface area contributed by atoms with E-state index in [0.717, 1.165) is 5.57 Å². The normalized spacial score (nSPS) is 13.6. The second-order valence-electron chi connectivity index (χ2n) is 4.03. The number of ether oxygens (including phenoxy) is 1. The number of methoxy groups -OCH3 is 1. The molecule has 92 valence electrons. The van der Waals surface area contributed by atoms with E-state index < -0.39 is 6.09 Å². The van der Waals surface area contributed by atoms with Crippen LogP contribution in [0.1, 0.15) is 26.3 Å². The van der Waals surface area contributed by atoms with E-state index in [9.17, 15) is 4.79 Å². The molecule has 0 aliphatic heterocycles. The Hall–Kier alpha value is -1.77. The summed E-state index contributed by atoms with van der Waals surface area (Å²) in [4.78, 5) is 11.1. The molecule has 0 heterocycles. The van der Waals surface area contributed by atoms with Gasteiger partial charge in [0.25, 0.3) is 0 Å². The van der Waals surface area contributed by atoms with Crippen LogP contribution >= 0.6 is 0 Å². The third-order valence-corrected chi connectivity index (χ3v) is 2.97. The van der Waals surface area contributed by atoms with Crippen LogP contribution in [0.5, 0.6) is 0 Å². The number of carbonyl (C=O) groups is 1. The molecule has 1 N–H and O–H groups in total. The monoisotopic (exact) mass is 233 g/mol. The zero-order chi connectivity index (χ0) is 12.8. The first-order valence-electron chi connectivity index (χ1n) is 5.63. The Morgan fingerprint density at radius 1 is 1.24 bits per heavy atom. The van der Waals surface area contributed by atoms with Gasteiger partial charge in [0.2, 0.25) is 0 Å². The molecule has 0 aromatic heterocycles. The molecule has 0 spiro atoms. The number of rotatable bonds is 3. The molecule has 0 saturated heterocycles. The highest BCUT2D eigenvalue weighted by Gasteiger charge is 2.11. The van der Waals surface area contributed by atoms with Gasteiger partial charge in [0.05, 0.1) is 13.2 Å². The van der Waals surface area contributed by atoms with Crippen LogP contribution in [-0.4, -0.2) is 19.2 Å². The zero-order valence-corrected chi connectivity index (χ0v) is 10.8. The van der Waals surface area contributed by atoms with Crippen LogP contribution in [0.2, 0.25) is 0 Å². The Morgan fingerprint density at radius 3 is 2.35 bits per heavy atom. The van der Waals surface area contributed by atoms with Gasteiger partial charge in [0.1, 0.15) is 0 Å². The van der Waals surface area contributed by atoms with Crippen LogP contribution in [-0.2, 0) is 4.74 Å². The molecule has 0 aliphatic rings. The van der Waals surface area contributed by atoms with E-state index in [1.165, 1.54) is 18.2 Å². The summed E-state index contributed by atoms with van der Waals surface area (Å²) in [5, 5.41) is 2.76. The summed E-state index contributed by atoms with van der Waals surface area (Å²) < 4.78 is 4.58. The summed E-state index contributed by atoms with van der Waals surface area (Å²) in [6.45, 7) is 6.02. The van der Waals surface area contributed by atoms with Crippen LogP contribution in [0.15, 0.2) is 35.9 Å². The fourth-order valence-corrected chi connectivity index (χ4v) is 1.58. The predicted octanol–water partition coefficient (Wildman–Crippen LogP) is 3.22. The minimum absolute atomic E-state index is 0.0392. The van der Waals surface area contributed by atoms with Gasteiger partial charge < -0.3 is 10.1 Å². The highest BCUT2D eigenvalue weighted by atomic mass is 16.5. The van der Waals surface area contributed by atoms with Gasteiger partial charge in [0.15, 0.2) is 0 Å². The van der Waals surface area contributed by atoms with Gasteiger partial charge in [-0.1, -0.05) is 30.3 Å². The largest absolute Gasteiger partial charge is 0.453 e.